The Bertz CT molecular complexity index is 2300. The molecular formula is C40H32N4O2. The standard InChI is InChI=1S/C40H32N4O2/c1-40(2,3)26-20-21-41-38(22-26)44-32-13-8-7-12-30(32)31-18-16-28(23-34(31)44)45-29-17-19-36-35(24-29)43-25-42(27-10-5-4-6-11-27)33-14-9-15-37(46-36)39(33)43/h4-24H,25H2,1-3H3. The lowest BCUT2D eigenvalue weighted by molar-refractivity contribution is 0.465. The van der Waals surface area contributed by atoms with Crippen molar-refractivity contribution in [2.45, 2.75) is 26.2 Å². The van der Waals surface area contributed by atoms with Gasteiger partial charge in [0.1, 0.15) is 29.7 Å². The third-order valence-corrected chi connectivity index (χ3v) is 9.05. The van der Waals surface area contributed by atoms with E-state index >= 15 is 0 Å². The molecule has 224 valence electrons. The number of nitrogens with zero attached hydrogens (tertiary/aromatic N) is 4. The second-order valence-electron chi connectivity index (χ2n) is 13.0. The van der Waals surface area contributed by atoms with Gasteiger partial charge in [-0.3, -0.25) is 4.57 Å². The third-order valence-electron chi connectivity index (χ3n) is 9.05. The number of pyridine rings is 1. The molecule has 46 heavy (non-hydrogen) atoms. The molecule has 2 aromatic heterocycles. The minimum absolute atomic E-state index is 0.00955. The highest BCUT2D eigenvalue weighted by atomic mass is 16.5. The fraction of sp³-hybridized carbons (Fsp3) is 0.125. The number of fused-ring (bicyclic) bond motifs is 5. The van der Waals surface area contributed by atoms with Crippen LogP contribution in [0.3, 0.4) is 0 Å². The van der Waals surface area contributed by atoms with E-state index in [1.807, 2.05) is 30.5 Å². The Morgan fingerprint density at radius 1 is 0.652 bits per heavy atom. The van der Waals surface area contributed by atoms with E-state index in [-0.39, 0.29) is 5.41 Å². The van der Waals surface area contributed by atoms with Gasteiger partial charge in [0.2, 0.25) is 0 Å². The van der Waals surface area contributed by atoms with E-state index < -0.39 is 0 Å². The van der Waals surface area contributed by atoms with Crippen molar-refractivity contribution in [3.8, 4) is 28.8 Å². The van der Waals surface area contributed by atoms with E-state index in [0.29, 0.717) is 6.67 Å². The normalized spacial score (nSPS) is 13.5. The topological polar surface area (TPSA) is 42.8 Å². The van der Waals surface area contributed by atoms with Gasteiger partial charge in [0.15, 0.2) is 11.5 Å². The van der Waals surface area contributed by atoms with Crippen LogP contribution in [0.25, 0.3) is 27.6 Å². The molecule has 9 rings (SSSR count). The Morgan fingerprint density at radius 2 is 1.43 bits per heavy atom. The summed E-state index contributed by atoms with van der Waals surface area (Å²) >= 11 is 0. The first kappa shape index (κ1) is 26.6. The first-order chi connectivity index (χ1) is 22.4. The van der Waals surface area contributed by atoms with Crippen LogP contribution in [0, 0.1) is 0 Å². The largest absolute Gasteiger partial charge is 0.457 e. The predicted molar refractivity (Wildman–Crippen MR) is 186 cm³/mol. The lowest BCUT2D eigenvalue weighted by Gasteiger charge is -2.29. The molecule has 5 aromatic carbocycles. The number of para-hydroxylation sites is 3. The van der Waals surface area contributed by atoms with Crippen molar-refractivity contribution < 1.29 is 9.47 Å². The molecule has 0 saturated carbocycles. The fourth-order valence-electron chi connectivity index (χ4n) is 6.78. The second kappa shape index (κ2) is 9.88. The van der Waals surface area contributed by atoms with Crippen molar-refractivity contribution in [3.05, 3.63) is 133 Å². The van der Waals surface area contributed by atoms with Gasteiger partial charge in [0.25, 0.3) is 0 Å². The Kier molecular flexibility index (Phi) is 5.72. The summed E-state index contributed by atoms with van der Waals surface area (Å²) in [5.41, 5.74) is 7.75. The first-order valence-corrected chi connectivity index (χ1v) is 15.7. The zero-order valence-corrected chi connectivity index (χ0v) is 25.9. The molecule has 0 atom stereocenters. The van der Waals surface area contributed by atoms with Gasteiger partial charge in [-0.15, -0.1) is 0 Å². The summed E-state index contributed by atoms with van der Waals surface area (Å²) < 4.78 is 15.3. The summed E-state index contributed by atoms with van der Waals surface area (Å²) in [6.07, 6.45) is 1.91. The van der Waals surface area contributed by atoms with E-state index in [1.165, 1.54) is 10.9 Å². The van der Waals surface area contributed by atoms with Crippen LogP contribution in [0.1, 0.15) is 26.3 Å². The predicted octanol–water partition coefficient (Wildman–Crippen LogP) is 10.6. The Hall–Kier alpha value is -5.75. The van der Waals surface area contributed by atoms with E-state index in [0.717, 1.165) is 68.0 Å². The minimum atomic E-state index is 0.00955. The van der Waals surface area contributed by atoms with Crippen molar-refractivity contribution in [1.82, 2.24) is 9.55 Å². The Balaban J connectivity index is 1.11. The van der Waals surface area contributed by atoms with E-state index in [4.69, 9.17) is 14.5 Å². The molecule has 0 unspecified atom stereocenters. The fourth-order valence-corrected chi connectivity index (χ4v) is 6.78. The molecule has 0 N–H and O–H groups in total. The Morgan fingerprint density at radius 3 is 2.30 bits per heavy atom. The van der Waals surface area contributed by atoms with Gasteiger partial charge >= 0.3 is 0 Å². The number of ether oxygens (including phenoxy) is 2. The van der Waals surface area contributed by atoms with Crippen LogP contribution in [0.4, 0.5) is 22.7 Å². The van der Waals surface area contributed by atoms with E-state index in [1.54, 1.807) is 0 Å². The highest BCUT2D eigenvalue weighted by Crippen LogP contribution is 2.56. The van der Waals surface area contributed by atoms with Gasteiger partial charge < -0.3 is 19.3 Å². The van der Waals surface area contributed by atoms with Crippen molar-refractivity contribution >= 4 is 44.6 Å². The lowest BCUT2D eigenvalue weighted by Crippen LogP contribution is -2.25. The maximum absolute atomic E-state index is 6.60. The van der Waals surface area contributed by atoms with Gasteiger partial charge in [0.05, 0.1) is 22.4 Å². The van der Waals surface area contributed by atoms with Crippen LogP contribution >= 0.6 is 0 Å². The van der Waals surface area contributed by atoms with Crippen LogP contribution in [-0.4, -0.2) is 16.2 Å². The molecule has 0 radical (unpaired) electrons. The molecule has 6 nitrogen and oxygen atoms in total. The van der Waals surface area contributed by atoms with Crippen molar-refractivity contribution in [3.63, 3.8) is 0 Å². The molecule has 6 heteroatoms. The average molecular weight is 601 g/mol. The molecule has 0 amide bonds. The number of rotatable bonds is 4. The molecule has 0 bridgehead atoms. The Labute approximate surface area is 267 Å². The molecule has 0 fully saturated rings. The van der Waals surface area contributed by atoms with Gasteiger partial charge in [-0.2, -0.15) is 0 Å². The summed E-state index contributed by atoms with van der Waals surface area (Å²) in [7, 11) is 0. The molecule has 0 aliphatic carbocycles. The average Bonchev–Trinajstić information content (AvgIpc) is 3.62. The van der Waals surface area contributed by atoms with Crippen LogP contribution in [0.5, 0.6) is 23.0 Å². The highest BCUT2D eigenvalue weighted by molar-refractivity contribution is 6.09. The molecule has 7 aromatic rings. The number of aromatic nitrogens is 2. The van der Waals surface area contributed by atoms with Gasteiger partial charge in [0, 0.05) is 34.8 Å². The molecule has 0 saturated heterocycles. The molecule has 2 aliphatic rings. The maximum atomic E-state index is 6.60. The number of hydrogen-bond donors (Lipinski definition) is 0. The monoisotopic (exact) mass is 600 g/mol. The van der Waals surface area contributed by atoms with Crippen LogP contribution < -0.4 is 19.3 Å². The lowest BCUT2D eigenvalue weighted by atomic mass is 9.88. The van der Waals surface area contributed by atoms with E-state index in [2.05, 4.69) is 132 Å². The van der Waals surface area contributed by atoms with Crippen molar-refractivity contribution in [1.29, 1.82) is 0 Å². The van der Waals surface area contributed by atoms with Gasteiger partial charge in [-0.25, -0.2) is 4.98 Å². The van der Waals surface area contributed by atoms with Crippen LogP contribution in [0.2, 0.25) is 0 Å². The van der Waals surface area contributed by atoms with Crippen LogP contribution in [-0.2, 0) is 5.41 Å². The number of hydrogen-bond acceptors (Lipinski definition) is 5. The number of benzene rings is 5. The third kappa shape index (κ3) is 4.14. The van der Waals surface area contributed by atoms with Gasteiger partial charge in [-0.05, 0) is 77.7 Å². The minimum Gasteiger partial charge on any atom is -0.457 e. The SMILES string of the molecule is CC(C)(C)c1ccnc(-n2c3ccccc3c3ccc(Oc4ccc5c(c4)N4CN(c6ccccc6)c6cccc(c64)O5)cc32)c1. The smallest absolute Gasteiger partial charge is 0.153 e. The summed E-state index contributed by atoms with van der Waals surface area (Å²) in [6, 6.07) is 41.9. The maximum Gasteiger partial charge on any atom is 0.153 e. The van der Waals surface area contributed by atoms with Crippen molar-refractivity contribution in [2.24, 2.45) is 0 Å². The zero-order valence-electron chi connectivity index (χ0n) is 25.9. The molecule has 0 spiro atoms. The highest BCUT2D eigenvalue weighted by Gasteiger charge is 2.36. The molecular weight excluding hydrogens is 568 g/mol. The van der Waals surface area contributed by atoms with Crippen molar-refractivity contribution in [2.75, 3.05) is 16.5 Å². The summed E-state index contributed by atoms with van der Waals surface area (Å²) in [5.74, 6) is 4.07. The second-order valence-corrected chi connectivity index (χ2v) is 13.0. The summed E-state index contributed by atoms with van der Waals surface area (Å²) in [6.45, 7) is 7.37. The van der Waals surface area contributed by atoms with E-state index in [9.17, 15) is 0 Å². The summed E-state index contributed by atoms with van der Waals surface area (Å²) in [4.78, 5) is 9.46. The molecule has 2 aliphatic heterocycles. The first-order valence-electron chi connectivity index (χ1n) is 15.7. The van der Waals surface area contributed by atoms with Gasteiger partial charge in [-0.1, -0.05) is 63.2 Å². The number of anilines is 4. The summed E-state index contributed by atoms with van der Waals surface area (Å²) in [5, 5.41) is 2.34. The molecule has 4 heterocycles. The van der Waals surface area contributed by atoms with Crippen LogP contribution in [0.15, 0.2) is 128 Å². The quantitative estimate of drug-likeness (QED) is 0.201. The zero-order chi connectivity index (χ0) is 31.0.